The molecule has 0 radical (unpaired) electrons. The van der Waals surface area contributed by atoms with Gasteiger partial charge < -0.3 is 9.73 Å². The molecule has 0 saturated carbocycles. The summed E-state index contributed by atoms with van der Waals surface area (Å²) in [5.74, 6) is -0.166. The minimum atomic E-state index is -0.407. The molecule has 140 valence electrons. The van der Waals surface area contributed by atoms with Crippen molar-refractivity contribution >= 4 is 16.9 Å². The van der Waals surface area contributed by atoms with Gasteiger partial charge in [0.1, 0.15) is 5.58 Å². The summed E-state index contributed by atoms with van der Waals surface area (Å²) < 4.78 is 5.38. The second kappa shape index (κ2) is 7.03. The van der Waals surface area contributed by atoms with Gasteiger partial charge in [0.05, 0.1) is 0 Å². The third kappa shape index (κ3) is 3.95. The SMILES string of the molecule is Cc1ccc2c(CNC(=O)c3ccc(C(C)(C)C)cc3)cc(=O)oc2c1C. The Hall–Kier alpha value is -2.88. The predicted octanol–water partition coefficient (Wildman–Crippen LogP) is 4.64. The molecule has 0 saturated heterocycles. The van der Waals surface area contributed by atoms with Gasteiger partial charge in [0, 0.05) is 23.6 Å². The Morgan fingerprint density at radius 3 is 2.33 bits per heavy atom. The molecule has 0 atom stereocenters. The molecule has 0 bridgehead atoms. The van der Waals surface area contributed by atoms with Gasteiger partial charge in [-0.25, -0.2) is 4.79 Å². The van der Waals surface area contributed by atoms with Crippen LogP contribution in [0.15, 0.2) is 51.7 Å². The number of hydrogen-bond acceptors (Lipinski definition) is 3. The topological polar surface area (TPSA) is 59.3 Å². The maximum atomic E-state index is 12.5. The van der Waals surface area contributed by atoms with Crippen LogP contribution >= 0.6 is 0 Å². The van der Waals surface area contributed by atoms with E-state index in [1.807, 2.05) is 50.2 Å². The highest BCUT2D eigenvalue weighted by atomic mass is 16.4. The van der Waals surface area contributed by atoms with Gasteiger partial charge in [-0.3, -0.25) is 4.79 Å². The van der Waals surface area contributed by atoms with Crippen molar-refractivity contribution in [1.29, 1.82) is 0 Å². The van der Waals surface area contributed by atoms with E-state index in [2.05, 4.69) is 26.1 Å². The molecule has 0 aliphatic carbocycles. The molecule has 4 nitrogen and oxygen atoms in total. The van der Waals surface area contributed by atoms with Crippen LogP contribution in [0.25, 0.3) is 11.0 Å². The average molecular weight is 363 g/mol. The summed E-state index contributed by atoms with van der Waals surface area (Å²) in [6.07, 6.45) is 0. The van der Waals surface area contributed by atoms with E-state index in [0.717, 1.165) is 22.1 Å². The van der Waals surface area contributed by atoms with E-state index >= 15 is 0 Å². The predicted molar refractivity (Wildman–Crippen MR) is 108 cm³/mol. The number of aryl methyl sites for hydroxylation is 2. The molecule has 0 aliphatic heterocycles. The third-order valence-corrected chi connectivity index (χ3v) is 4.97. The fraction of sp³-hybridized carbons (Fsp3) is 0.304. The molecular formula is C23H25NO3. The van der Waals surface area contributed by atoms with E-state index in [1.54, 1.807) is 0 Å². The van der Waals surface area contributed by atoms with E-state index in [-0.39, 0.29) is 17.9 Å². The average Bonchev–Trinajstić information content (AvgIpc) is 2.62. The molecule has 3 aromatic rings. The van der Waals surface area contributed by atoms with Crippen LogP contribution in [-0.4, -0.2) is 5.91 Å². The standard InChI is InChI=1S/C23H25NO3/c1-14-6-11-19-17(12-20(25)27-21(19)15(14)2)13-24-22(26)16-7-9-18(10-8-16)23(3,4)5/h6-12H,13H2,1-5H3,(H,24,26). The van der Waals surface area contributed by atoms with E-state index in [0.29, 0.717) is 11.1 Å². The third-order valence-electron chi connectivity index (χ3n) is 4.97. The van der Waals surface area contributed by atoms with Crippen molar-refractivity contribution in [3.63, 3.8) is 0 Å². The molecule has 1 aromatic heterocycles. The molecule has 1 heterocycles. The minimum absolute atomic E-state index is 0.0436. The van der Waals surface area contributed by atoms with Crippen LogP contribution < -0.4 is 10.9 Å². The highest BCUT2D eigenvalue weighted by Crippen LogP contribution is 2.24. The normalized spacial score (nSPS) is 11.6. The van der Waals surface area contributed by atoms with Crippen molar-refractivity contribution in [2.24, 2.45) is 0 Å². The van der Waals surface area contributed by atoms with Crippen molar-refractivity contribution in [3.8, 4) is 0 Å². The Bertz CT molecular complexity index is 1050. The van der Waals surface area contributed by atoms with Crippen molar-refractivity contribution in [2.75, 3.05) is 0 Å². The van der Waals surface area contributed by atoms with Gasteiger partial charge in [0.15, 0.2) is 0 Å². The molecule has 1 N–H and O–H groups in total. The molecule has 0 fully saturated rings. The van der Waals surface area contributed by atoms with Gasteiger partial charge in [0.2, 0.25) is 0 Å². The van der Waals surface area contributed by atoms with Gasteiger partial charge in [-0.15, -0.1) is 0 Å². The first kappa shape index (κ1) is 18.9. The molecular weight excluding hydrogens is 338 g/mol. The Morgan fingerprint density at radius 2 is 1.70 bits per heavy atom. The molecule has 0 aliphatic rings. The highest BCUT2D eigenvalue weighted by molar-refractivity contribution is 5.94. The largest absolute Gasteiger partial charge is 0.422 e. The van der Waals surface area contributed by atoms with Crippen LogP contribution in [0.2, 0.25) is 0 Å². The summed E-state index contributed by atoms with van der Waals surface area (Å²) in [7, 11) is 0. The molecule has 2 aromatic carbocycles. The number of nitrogens with one attached hydrogen (secondary N) is 1. The van der Waals surface area contributed by atoms with E-state index in [1.165, 1.54) is 11.6 Å². The van der Waals surface area contributed by atoms with Crippen molar-refractivity contribution in [3.05, 3.63) is 80.7 Å². The lowest BCUT2D eigenvalue weighted by Crippen LogP contribution is -2.23. The first-order valence-electron chi connectivity index (χ1n) is 9.08. The zero-order valence-electron chi connectivity index (χ0n) is 16.5. The lowest BCUT2D eigenvalue weighted by Gasteiger charge is -2.19. The minimum Gasteiger partial charge on any atom is -0.422 e. The van der Waals surface area contributed by atoms with Gasteiger partial charge in [-0.2, -0.15) is 0 Å². The van der Waals surface area contributed by atoms with Crippen LogP contribution in [0.1, 0.15) is 53.4 Å². The molecule has 0 unspecified atom stereocenters. The molecule has 3 rings (SSSR count). The first-order chi connectivity index (χ1) is 12.7. The van der Waals surface area contributed by atoms with Gasteiger partial charge in [0.25, 0.3) is 5.91 Å². The van der Waals surface area contributed by atoms with Gasteiger partial charge >= 0.3 is 5.63 Å². The highest BCUT2D eigenvalue weighted by Gasteiger charge is 2.15. The van der Waals surface area contributed by atoms with Crippen LogP contribution in [0.5, 0.6) is 0 Å². The number of carbonyl (C=O) groups excluding carboxylic acids is 1. The van der Waals surface area contributed by atoms with E-state index in [4.69, 9.17) is 4.42 Å². The van der Waals surface area contributed by atoms with Crippen molar-refractivity contribution < 1.29 is 9.21 Å². The zero-order chi connectivity index (χ0) is 19.8. The molecule has 0 spiro atoms. The Morgan fingerprint density at radius 1 is 1.04 bits per heavy atom. The van der Waals surface area contributed by atoms with Crippen LogP contribution in [0.3, 0.4) is 0 Å². The Balaban J connectivity index is 1.83. The number of carbonyl (C=O) groups is 1. The van der Waals surface area contributed by atoms with Gasteiger partial charge in [-0.05, 0) is 53.6 Å². The molecule has 27 heavy (non-hydrogen) atoms. The zero-order valence-corrected chi connectivity index (χ0v) is 16.5. The summed E-state index contributed by atoms with van der Waals surface area (Å²) in [6, 6.07) is 13.0. The van der Waals surface area contributed by atoms with E-state index in [9.17, 15) is 9.59 Å². The summed E-state index contributed by atoms with van der Waals surface area (Å²) in [5, 5.41) is 3.76. The number of amides is 1. The fourth-order valence-electron chi connectivity index (χ4n) is 3.07. The summed E-state index contributed by atoms with van der Waals surface area (Å²) in [4.78, 5) is 24.4. The number of fused-ring (bicyclic) bond motifs is 1. The lowest BCUT2D eigenvalue weighted by molar-refractivity contribution is 0.0951. The second-order valence-corrected chi connectivity index (χ2v) is 7.98. The molecule has 1 amide bonds. The Kier molecular flexibility index (Phi) is 4.92. The monoisotopic (exact) mass is 363 g/mol. The fourth-order valence-corrected chi connectivity index (χ4v) is 3.07. The smallest absolute Gasteiger partial charge is 0.336 e. The van der Waals surface area contributed by atoms with Crippen molar-refractivity contribution in [1.82, 2.24) is 5.32 Å². The van der Waals surface area contributed by atoms with Crippen LogP contribution in [0, 0.1) is 13.8 Å². The van der Waals surface area contributed by atoms with E-state index < -0.39 is 5.63 Å². The number of benzene rings is 2. The molecule has 4 heteroatoms. The summed E-state index contributed by atoms with van der Waals surface area (Å²) >= 11 is 0. The second-order valence-electron chi connectivity index (χ2n) is 7.98. The van der Waals surface area contributed by atoms with Crippen LogP contribution in [-0.2, 0) is 12.0 Å². The quantitative estimate of drug-likeness (QED) is 0.690. The lowest BCUT2D eigenvalue weighted by atomic mass is 9.87. The maximum absolute atomic E-state index is 12.5. The Labute approximate surface area is 159 Å². The van der Waals surface area contributed by atoms with Crippen molar-refractivity contribution in [2.45, 2.75) is 46.6 Å². The first-order valence-corrected chi connectivity index (χ1v) is 9.08. The van der Waals surface area contributed by atoms with Gasteiger partial charge in [-0.1, -0.05) is 45.0 Å². The maximum Gasteiger partial charge on any atom is 0.336 e. The number of rotatable bonds is 3. The summed E-state index contributed by atoms with van der Waals surface area (Å²) in [5.41, 5.74) is 4.75. The summed E-state index contributed by atoms with van der Waals surface area (Å²) in [6.45, 7) is 10.6. The number of hydrogen-bond donors (Lipinski definition) is 1. The van der Waals surface area contributed by atoms with Crippen LogP contribution in [0.4, 0.5) is 0 Å².